The minimum atomic E-state index is -3.78. The highest BCUT2D eigenvalue weighted by molar-refractivity contribution is 7.89. The lowest BCUT2D eigenvalue weighted by atomic mass is 9.78. The van der Waals surface area contributed by atoms with E-state index in [4.69, 9.17) is 32.1 Å². The third kappa shape index (κ3) is 5.96. The number of benzene rings is 1. The van der Waals surface area contributed by atoms with Crippen LogP contribution >= 0.6 is 23.2 Å². The Morgan fingerprint density at radius 1 is 1.21 bits per heavy atom. The first-order chi connectivity index (χ1) is 15.6. The van der Waals surface area contributed by atoms with Crippen LogP contribution in [0.1, 0.15) is 20.3 Å². The highest BCUT2D eigenvalue weighted by atomic mass is 35.5. The smallest absolute Gasteiger partial charge is 0.245 e. The molecule has 1 atom stereocenters. The number of hydrogen-bond acceptors (Lipinski definition) is 7. The van der Waals surface area contributed by atoms with E-state index in [0.29, 0.717) is 18.8 Å². The van der Waals surface area contributed by atoms with Gasteiger partial charge in [0.25, 0.3) is 0 Å². The predicted molar refractivity (Wildman–Crippen MR) is 132 cm³/mol. The molecular formula is C20H26Cl2N4O4SSi2. The van der Waals surface area contributed by atoms with Crippen molar-refractivity contribution >= 4 is 64.3 Å². The van der Waals surface area contributed by atoms with Gasteiger partial charge < -0.3 is 14.2 Å². The van der Waals surface area contributed by atoms with Crippen LogP contribution in [0.25, 0.3) is 0 Å². The van der Waals surface area contributed by atoms with Gasteiger partial charge in [-0.1, -0.05) is 37.6 Å². The second-order valence-electron chi connectivity index (χ2n) is 8.10. The van der Waals surface area contributed by atoms with Crippen LogP contribution in [0.2, 0.25) is 23.4 Å². The second-order valence-corrected chi connectivity index (χ2v) is 12.0. The maximum atomic E-state index is 13.6. The number of rotatable bonds is 10. The number of halogens is 2. The molecule has 0 unspecified atom stereocenters. The zero-order valence-corrected chi connectivity index (χ0v) is 23.1. The second kappa shape index (κ2) is 11.1. The fourth-order valence-electron chi connectivity index (χ4n) is 3.78. The number of sulfonamides is 1. The van der Waals surface area contributed by atoms with Crippen molar-refractivity contribution in [1.82, 2.24) is 14.3 Å². The van der Waals surface area contributed by atoms with Gasteiger partial charge in [0.15, 0.2) is 5.82 Å². The molecule has 2 aromatic rings. The van der Waals surface area contributed by atoms with Gasteiger partial charge in [0, 0.05) is 18.5 Å². The van der Waals surface area contributed by atoms with Crippen LogP contribution in [0.3, 0.4) is 0 Å². The van der Waals surface area contributed by atoms with Crippen LogP contribution in [0, 0.1) is 11.3 Å². The number of nitrogens with one attached hydrogen (secondary N) is 1. The monoisotopic (exact) mass is 544 g/mol. The van der Waals surface area contributed by atoms with Gasteiger partial charge in [-0.2, -0.15) is 9.29 Å². The number of nitrogens with zero attached hydrogens (tertiary/aromatic N) is 3. The molecule has 33 heavy (non-hydrogen) atoms. The maximum Gasteiger partial charge on any atom is 0.245 e. The first-order valence-corrected chi connectivity index (χ1v) is 15.3. The van der Waals surface area contributed by atoms with Crippen LogP contribution < -0.4 is 5.32 Å². The van der Waals surface area contributed by atoms with E-state index in [1.165, 1.54) is 10.5 Å². The lowest BCUT2D eigenvalue weighted by Crippen LogP contribution is -2.43. The molecule has 8 nitrogen and oxygen atoms in total. The van der Waals surface area contributed by atoms with E-state index in [2.05, 4.69) is 29.1 Å². The summed E-state index contributed by atoms with van der Waals surface area (Å²) in [5.74, 6) is 0.317. The zero-order valence-electron chi connectivity index (χ0n) is 18.8. The Hall–Kier alpha value is -1.06. The van der Waals surface area contributed by atoms with Crippen molar-refractivity contribution in [2.45, 2.75) is 44.5 Å². The lowest BCUT2D eigenvalue weighted by Gasteiger charge is -2.38. The zero-order chi connectivity index (χ0) is 24.2. The van der Waals surface area contributed by atoms with Gasteiger partial charge >= 0.3 is 0 Å². The van der Waals surface area contributed by atoms with Gasteiger partial charge in [0.2, 0.25) is 34.8 Å². The van der Waals surface area contributed by atoms with Crippen LogP contribution in [-0.2, 0) is 18.9 Å². The largest absolute Gasteiger partial charge is 0.394 e. The molecule has 0 spiro atoms. The Kier molecular flexibility index (Phi) is 8.95. The third-order valence-corrected chi connectivity index (χ3v) is 9.01. The van der Waals surface area contributed by atoms with Crippen molar-refractivity contribution in [3.8, 4) is 0 Å². The minimum Gasteiger partial charge on any atom is -0.394 e. The Morgan fingerprint density at radius 3 is 2.55 bits per heavy atom. The van der Waals surface area contributed by atoms with E-state index in [0.717, 1.165) is 6.42 Å². The molecule has 13 heteroatoms. The topological polar surface area (TPSA) is 93.7 Å². The summed E-state index contributed by atoms with van der Waals surface area (Å²) in [6.45, 7) is 8.87. The van der Waals surface area contributed by atoms with Crippen LogP contribution in [0.5, 0.6) is 0 Å². The Labute approximate surface area is 210 Å². The SMILES string of the molecule is C[Si]OC(O[Si]C)C(C)(C)[C@H]1CCN(S(=O)(=O)c2ccccc2Nc2nc(Cl)ncc2Cl)C1. The number of hydrogen-bond donors (Lipinski definition) is 1. The molecule has 178 valence electrons. The lowest BCUT2D eigenvalue weighted by molar-refractivity contribution is -0.102. The molecule has 1 fully saturated rings. The molecule has 2 heterocycles. The first kappa shape index (κ1) is 26.5. The molecule has 1 saturated heterocycles. The Bertz CT molecular complexity index is 1070. The van der Waals surface area contributed by atoms with E-state index in [9.17, 15) is 8.42 Å². The maximum absolute atomic E-state index is 13.6. The first-order valence-electron chi connectivity index (χ1n) is 10.3. The van der Waals surface area contributed by atoms with Crippen molar-refractivity contribution in [2.24, 2.45) is 11.3 Å². The van der Waals surface area contributed by atoms with Crippen molar-refractivity contribution in [2.75, 3.05) is 18.4 Å². The molecule has 1 aliphatic rings. The van der Waals surface area contributed by atoms with E-state index in [1.54, 1.807) is 24.3 Å². The van der Waals surface area contributed by atoms with Crippen LogP contribution in [0.15, 0.2) is 35.4 Å². The highest BCUT2D eigenvalue weighted by Gasteiger charge is 2.44. The van der Waals surface area contributed by atoms with E-state index >= 15 is 0 Å². The average Bonchev–Trinajstić information content (AvgIpc) is 3.29. The summed E-state index contributed by atoms with van der Waals surface area (Å²) >= 11 is 12.0. The molecule has 1 aromatic heterocycles. The van der Waals surface area contributed by atoms with Crippen molar-refractivity contribution in [3.05, 3.63) is 40.8 Å². The number of para-hydroxylation sites is 1. The summed E-state index contributed by atoms with van der Waals surface area (Å²) in [5.41, 5.74) is 0.0139. The standard InChI is InChI=1S/C20H26Cl2N4O4SSi2/c1-20(2,18(29-32-3)30-33-4)13-9-10-26(12-13)31(27,28)16-8-6-5-7-15(16)24-17-14(21)11-23-19(22)25-17/h5-8,11,13,18H,9-10,12H2,1-4H3,(H,23,24,25)/t13-/m0/s1. The van der Waals surface area contributed by atoms with Gasteiger partial charge in [-0.05, 0) is 49.2 Å². The van der Waals surface area contributed by atoms with Crippen molar-refractivity contribution in [3.63, 3.8) is 0 Å². The van der Waals surface area contributed by atoms with E-state index < -0.39 is 10.0 Å². The summed E-state index contributed by atoms with van der Waals surface area (Å²) in [7, 11) is -3.20. The summed E-state index contributed by atoms with van der Waals surface area (Å²) in [6.07, 6.45) is 1.70. The minimum absolute atomic E-state index is 0.00577. The van der Waals surface area contributed by atoms with E-state index in [-0.39, 0.29) is 58.2 Å². The molecule has 1 aliphatic heterocycles. The van der Waals surface area contributed by atoms with Gasteiger partial charge in [-0.15, -0.1) is 0 Å². The number of aromatic nitrogens is 2. The molecule has 0 aliphatic carbocycles. The summed E-state index contributed by atoms with van der Waals surface area (Å²) in [4.78, 5) is 8.03. The van der Waals surface area contributed by atoms with Crippen molar-refractivity contribution < 1.29 is 17.3 Å². The fourth-order valence-corrected chi connectivity index (χ4v) is 6.93. The molecular weight excluding hydrogens is 519 g/mol. The Morgan fingerprint density at radius 2 is 1.88 bits per heavy atom. The molecule has 0 amide bonds. The molecule has 3 rings (SSSR count). The molecule has 0 bridgehead atoms. The Balaban J connectivity index is 1.85. The molecule has 1 aromatic carbocycles. The molecule has 0 saturated carbocycles. The van der Waals surface area contributed by atoms with Crippen molar-refractivity contribution in [1.29, 1.82) is 0 Å². The highest BCUT2D eigenvalue weighted by Crippen LogP contribution is 2.41. The van der Waals surface area contributed by atoms with Gasteiger partial charge in [0.1, 0.15) is 16.2 Å². The summed E-state index contributed by atoms with van der Waals surface area (Å²) in [5, 5.41) is 3.23. The van der Waals surface area contributed by atoms with Crippen LogP contribution in [-0.4, -0.2) is 61.6 Å². The summed E-state index contributed by atoms with van der Waals surface area (Å²) in [6, 6.07) is 6.66. The fraction of sp³-hybridized carbons (Fsp3) is 0.500. The van der Waals surface area contributed by atoms with Gasteiger partial charge in [-0.25, -0.2) is 13.4 Å². The normalized spacial score (nSPS) is 17.6. The number of anilines is 2. The van der Waals surface area contributed by atoms with Gasteiger partial charge in [-0.3, -0.25) is 0 Å². The molecule has 4 radical (unpaired) electrons. The average molecular weight is 546 g/mol. The van der Waals surface area contributed by atoms with Crippen LogP contribution in [0.4, 0.5) is 11.5 Å². The summed E-state index contributed by atoms with van der Waals surface area (Å²) < 4.78 is 40.5. The molecule has 1 N–H and O–H groups in total. The van der Waals surface area contributed by atoms with Gasteiger partial charge in [0.05, 0.1) is 11.9 Å². The third-order valence-electron chi connectivity index (χ3n) is 5.73. The predicted octanol–water partition coefficient (Wildman–Crippen LogP) is 4.26. The quantitative estimate of drug-likeness (QED) is 0.271. The van der Waals surface area contributed by atoms with E-state index in [1.807, 2.05) is 13.1 Å².